The van der Waals surface area contributed by atoms with Gasteiger partial charge in [-0.15, -0.1) is 11.3 Å². The fourth-order valence-electron chi connectivity index (χ4n) is 5.16. The van der Waals surface area contributed by atoms with E-state index in [2.05, 4.69) is 32.0 Å². The van der Waals surface area contributed by atoms with Gasteiger partial charge in [0.25, 0.3) is 5.89 Å². The smallest absolute Gasteiger partial charge is 0.276 e. The van der Waals surface area contributed by atoms with Gasteiger partial charge in [0, 0.05) is 17.8 Å². The van der Waals surface area contributed by atoms with E-state index in [9.17, 15) is 8.42 Å². The van der Waals surface area contributed by atoms with E-state index in [1.807, 2.05) is 24.3 Å². The van der Waals surface area contributed by atoms with Gasteiger partial charge in [-0.05, 0) is 79.0 Å². The van der Waals surface area contributed by atoms with Crippen LogP contribution in [0.1, 0.15) is 24.0 Å². The lowest BCUT2D eigenvalue weighted by atomic mass is 9.92. The number of thiophene rings is 1. The molecule has 0 amide bonds. The topological polar surface area (TPSA) is 98.0 Å². The third kappa shape index (κ3) is 4.07. The quantitative estimate of drug-likeness (QED) is 0.404. The predicted molar refractivity (Wildman–Crippen MR) is 130 cm³/mol. The molecule has 6 rings (SSSR count). The first kappa shape index (κ1) is 21.9. The summed E-state index contributed by atoms with van der Waals surface area (Å²) in [4.78, 5) is 8.79. The fraction of sp³-hybridized carbons (Fsp3) is 0.292. The number of nitrogens with zero attached hydrogens (tertiary/aromatic N) is 3. The zero-order chi connectivity index (χ0) is 23.3. The van der Waals surface area contributed by atoms with Crippen LogP contribution in [0.2, 0.25) is 4.34 Å². The van der Waals surface area contributed by atoms with Gasteiger partial charge >= 0.3 is 0 Å². The van der Waals surface area contributed by atoms with E-state index in [-0.39, 0.29) is 22.1 Å². The first-order chi connectivity index (χ1) is 16.5. The van der Waals surface area contributed by atoms with E-state index in [4.69, 9.17) is 16.1 Å². The van der Waals surface area contributed by atoms with Gasteiger partial charge in [0.2, 0.25) is 15.8 Å². The normalized spacial score (nSPS) is 21.9. The lowest BCUT2D eigenvalue weighted by molar-refractivity contribution is 0.386. The summed E-state index contributed by atoms with van der Waals surface area (Å²) in [6.45, 7) is 0. The van der Waals surface area contributed by atoms with Gasteiger partial charge in [0.1, 0.15) is 9.90 Å². The maximum Gasteiger partial charge on any atom is 0.276 e. The molecule has 4 aromatic rings. The molecule has 10 heteroatoms. The minimum atomic E-state index is -3.60. The summed E-state index contributed by atoms with van der Waals surface area (Å²) < 4.78 is 35.1. The van der Waals surface area contributed by atoms with Crippen LogP contribution in [0.15, 0.2) is 63.5 Å². The highest BCUT2D eigenvalue weighted by Crippen LogP contribution is 2.42. The van der Waals surface area contributed by atoms with E-state index >= 15 is 0 Å². The number of sulfonamides is 1. The van der Waals surface area contributed by atoms with Gasteiger partial charge < -0.3 is 4.52 Å². The van der Waals surface area contributed by atoms with Gasteiger partial charge in [-0.2, -0.15) is 4.98 Å². The summed E-state index contributed by atoms with van der Waals surface area (Å²) in [6.07, 6.45) is 5.36. The lowest BCUT2D eigenvalue weighted by Crippen LogP contribution is -2.41. The summed E-state index contributed by atoms with van der Waals surface area (Å²) in [7, 11) is -3.60. The Morgan fingerprint density at radius 3 is 2.59 bits per heavy atom. The molecular formula is C24H21ClN4O3S2. The van der Waals surface area contributed by atoms with Gasteiger partial charge in [-0.1, -0.05) is 35.0 Å². The highest BCUT2D eigenvalue weighted by molar-refractivity contribution is 7.91. The lowest BCUT2D eigenvalue weighted by Gasteiger charge is -2.23. The van der Waals surface area contributed by atoms with Crippen LogP contribution in [-0.2, 0) is 22.9 Å². The summed E-state index contributed by atoms with van der Waals surface area (Å²) in [5, 5.41) is 4.15. The maximum atomic E-state index is 13.0. The number of pyridine rings is 1. The molecule has 34 heavy (non-hydrogen) atoms. The minimum absolute atomic E-state index is 0.0948. The average Bonchev–Trinajstić information content (AvgIpc) is 3.54. The molecule has 7 nitrogen and oxygen atoms in total. The van der Waals surface area contributed by atoms with Crippen molar-refractivity contribution in [2.24, 2.45) is 11.8 Å². The van der Waals surface area contributed by atoms with Crippen molar-refractivity contribution in [2.75, 3.05) is 0 Å². The Labute approximate surface area is 206 Å². The largest absolute Gasteiger partial charge is 0.332 e. The molecular weight excluding hydrogens is 492 g/mol. The van der Waals surface area contributed by atoms with Gasteiger partial charge in [-0.3, -0.25) is 4.98 Å². The molecule has 2 aliphatic carbocycles. The number of rotatable bonds is 5. The molecule has 174 valence electrons. The molecule has 1 aromatic carbocycles. The van der Waals surface area contributed by atoms with Crippen LogP contribution in [0.3, 0.4) is 0 Å². The van der Waals surface area contributed by atoms with Crippen LogP contribution in [0.5, 0.6) is 0 Å². The van der Waals surface area contributed by atoms with Crippen molar-refractivity contribution in [1.82, 2.24) is 19.8 Å². The van der Waals surface area contributed by atoms with E-state index in [0.29, 0.717) is 21.7 Å². The van der Waals surface area contributed by atoms with Crippen molar-refractivity contribution in [3.05, 3.63) is 70.2 Å². The molecule has 2 aliphatic rings. The zero-order valence-corrected chi connectivity index (χ0v) is 20.4. The van der Waals surface area contributed by atoms with Crippen LogP contribution in [0, 0.1) is 11.8 Å². The zero-order valence-electron chi connectivity index (χ0n) is 18.0. The molecule has 3 heterocycles. The van der Waals surface area contributed by atoms with Crippen molar-refractivity contribution in [1.29, 1.82) is 0 Å². The summed E-state index contributed by atoms with van der Waals surface area (Å²) in [5.41, 5.74) is 3.99. The number of halogens is 1. The Hall–Kier alpha value is -2.59. The summed E-state index contributed by atoms with van der Waals surface area (Å²) in [5.74, 6) is 1.40. The monoisotopic (exact) mass is 512 g/mol. The van der Waals surface area contributed by atoms with Crippen molar-refractivity contribution >= 4 is 33.0 Å². The van der Waals surface area contributed by atoms with Crippen LogP contribution >= 0.6 is 22.9 Å². The van der Waals surface area contributed by atoms with Crippen LogP contribution < -0.4 is 4.72 Å². The predicted octanol–water partition coefficient (Wildman–Crippen LogP) is 4.99. The van der Waals surface area contributed by atoms with Crippen LogP contribution in [0.25, 0.3) is 23.0 Å². The Balaban J connectivity index is 1.26. The molecule has 1 saturated carbocycles. The molecule has 1 N–H and O–H groups in total. The van der Waals surface area contributed by atoms with Gasteiger partial charge in [0.15, 0.2) is 0 Å². The number of benzene rings is 1. The molecule has 0 spiro atoms. The second-order valence-corrected chi connectivity index (χ2v) is 12.5. The molecule has 3 unspecified atom stereocenters. The number of aromatic nitrogens is 3. The Kier molecular flexibility index (Phi) is 5.52. The number of fused-ring (bicyclic) bond motifs is 3. The molecule has 0 radical (unpaired) electrons. The van der Waals surface area contributed by atoms with Crippen molar-refractivity contribution in [3.8, 4) is 23.0 Å². The minimum Gasteiger partial charge on any atom is -0.332 e. The van der Waals surface area contributed by atoms with Crippen LogP contribution in [-0.4, -0.2) is 29.6 Å². The van der Waals surface area contributed by atoms with Crippen molar-refractivity contribution < 1.29 is 12.9 Å². The maximum absolute atomic E-state index is 13.0. The average molecular weight is 513 g/mol. The first-order valence-corrected chi connectivity index (χ1v) is 13.8. The molecule has 2 bridgehead atoms. The number of hydrogen-bond donors (Lipinski definition) is 1. The SMILES string of the molecule is O=S(=O)(NC1C2CCC1Cc1cc(-c3noc(-c4ccccn4)n3)ccc1C2)c1ccc(Cl)s1. The Morgan fingerprint density at radius 1 is 1.03 bits per heavy atom. The first-order valence-electron chi connectivity index (χ1n) is 11.1. The Bertz CT molecular complexity index is 1450. The highest BCUT2D eigenvalue weighted by Gasteiger charge is 2.41. The second kappa shape index (κ2) is 8.57. The van der Waals surface area contributed by atoms with Crippen molar-refractivity contribution in [3.63, 3.8) is 0 Å². The molecule has 0 aliphatic heterocycles. The van der Waals surface area contributed by atoms with Crippen molar-refractivity contribution in [2.45, 2.75) is 35.9 Å². The highest BCUT2D eigenvalue weighted by atomic mass is 35.5. The van der Waals surface area contributed by atoms with E-state index < -0.39 is 10.0 Å². The summed E-state index contributed by atoms with van der Waals surface area (Å²) >= 11 is 7.06. The molecule has 3 atom stereocenters. The number of hydrogen-bond acceptors (Lipinski definition) is 7. The third-order valence-electron chi connectivity index (χ3n) is 6.77. The van der Waals surface area contributed by atoms with E-state index in [1.54, 1.807) is 18.3 Å². The number of nitrogens with one attached hydrogen (secondary N) is 1. The molecule has 3 aromatic heterocycles. The summed E-state index contributed by atoms with van der Waals surface area (Å²) in [6, 6.07) is 14.9. The second-order valence-electron chi connectivity index (χ2n) is 8.83. The van der Waals surface area contributed by atoms with Gasteiger partial charge in [0.05, 0.1) is 4.34 Å². The van der Waals surface area contributed by atoms with Crippen LogP contribution in [0.4, 0.5) is 0 Å². The molecule has 1 fully saturated rings. The van der Waals surface area contributed by atoms with E-state index in [0.717, 1.165) is 42.6 Å². The fourth-order valence-corrected chi connectivity index (χ4v) is 8.03. The Morgan fingerprint density at radius 2 is 1.85 bits per heavy atom. The van der Waals surface area contributed by atoms with E-state index in [1.165, 1.54) is 11.1 Å². The molecule has 0 saturated heterocycles. The van der Waals surface area contributed by atoms with Gasteiger partial charge in [-0.25, -0.2) is 13.1 Å². The third-order valence-corrected chi connectivity index (χ3v) is 9.95. The standard InChI is InChI=1S/C24H21ClN4O3S2/c25-20-8-9-21(33-20)34(30,31)29-22-15-5-6-16(22)12-18-13-17(7-4-14(18)11-15)23-27-24(32-28-23)19-3-1-2-10-26-19/h1-4,7-10,13,15-16,22,29H,5-6,11-12H2.